The largest absolute Gasteiger partial charge is 0.357 e. The molecule has 0 aromatic carbocycles. The lowest BCUT2D eigenvalue weighted by Crippen LogP contribution is -2.49. The van der Waals surface area contributed by atoms with Gasteiger partial charge in [-0.3, -0.25) is 4.90 Å². The smallest absolute Gasteiger partial charge is 0.191 e. The quantitative estimate of drug-likeness (QED) is 0.588. The minimum absolute atomic E-state index is 0.758. The number of hydrogen-bond donors (Lipinski definition) is 2. The van der Waals surface area contributed by atoms with Crippen molar-refractivity contribution in [1.29, 1.82) is 0 Å². The maximum atomic E-state index is 4.70. The molecular weight excluding hydrogens is 306 g/mol. The van der Waals surface area contributed by atoms with E-state index in [1.807, 2.05) is 0 Å². The second-order valence-corrected chi connectivity index (χ2v) is 6.93. The average molecular weight is 338 g/mol. The predicted octanol–water partition coefficient (Wildman–Crippen LogP) is 1.75. The third-order valence-electron chi connectivity index (χ3n) is 4.33. The van der Waals surface area contributed by atoms with E-state index in [9.17, 15) is 0 Å². The van der Waals surface area contributed by atoms with Crippen LogP contribution >= 0.6 is 11.3 Å². The summed E-state index contributed by atoms with van der Waals surface area (Å²) in [4.78, 5) is 11.1. The molecule has 1 fully saturated rings. The molecule has 6 heteroatoms. The van der Waals surface area contributed by atoms with Crippen molar-refractivity contribution in [3.63, 3.8) is 0 Å². The van der Waals surface area contributed by atoms with Crippen LogP contribution in [-0.4, -0.2) is 68.1 Å². The molecule has 0 saturated carbocycles. The van der Waals surface area contributed by atoms with E-state index in [0.717, 1.165) is 32.1 Å². The molecular formula is C17H31N5S. The second kappa shape index (κ2) is 9.90. The summed E-state index contributed by atoms with van der Waals surface area (Å²) in [6.45, 7) is 16.1. The Morgan fingerprint density at radius 1 is 1.17 bits per heavy atom. The van der Waals surface area contributed by atoms with Crippen LogP contribution in [0.1, 0.15) is 24.3 Å². The number of nitrogens with zero attached hydrogens (tertiary/aromatic N) is 3. The maximum Gasteiger partial charge on any atom is 0.191 e. The topological polar surface area (TPSA) is 42.9 Å². The molecule has 23 heavy (non-hydrogen) atoms. The Bertz CT molecular complexity index is 477. The van der Waals surface area contributed by atoms with Gasteiger partial charge in [-0.15, -0.1) is 11.3 Å². The summed E-state index contributed by atoms with van der Waals surface area (Å²) in [6.07, 6.45) is 0. The summed E-state index contributed by atoms with van der Waals surface area (Å²) in [5.74, 6) is 0.924. The van der Waals surface area contributed by atoms with Gasteiger partial charge in [0.25, 0.3) is 0 Å². The lowest BCUT2D eigenvalue weighted by molar-refractivity contribution is 0.139. The molecule has 5 nitrogen and oxygen atoms in total. The van der Waals surface area contributed by atoms with Gasteiger partial charge in [0, 0.05) is 50.7 Å². The van der Waals surface area contributed by atoms with Crippen LogP contribution in [0.4, 0.5) is 0 Å². The van der Waals surface area contributed by atoms with Crippen molar-refractivity contribution in [3.05, 3.63) is 21.9 Å². The highest BCUT2D eigenvalue weighted by molar-refractivity contribution is 7.10. The van der Waals surface area contributed by atoms with Crippen molar-refractivity contribution in [2.24, 2.45) is 4.99 Å². The number of guanidine groups is 1. The molecule has 0 radical (unpaired) electrons. The lowest BCUT2D eigenvalue weighted by atomic mass is 10.3. The van der Waals surface area contributed by atoms with Crippen molar-refractivity contribution in [3.8, 4) is 0 Å². The first kappa shape index (κ1) is 18.2. The normalized spacial score (nSPS) is 17.4. The van der Waals surface area contributed by atoms with Crippen LogP contribution in [0.5, 0.6) is 0 Å². The molecule has 2 rings (SSSR count). The van der Waals surface area contributed by atoms with Crippen LogP contribution in [-0.2, 0) is 6.54 Å². The van der Waals surface area contributed by atoms with Gasteiger partial charge < -0.3 is 15.5 Å². The number of nitrogens with one attached hydrogen (secondary N) is 2. The minimum atomic E-state index is 0.758. The Labute approximate surface area is 144 Å². The molecule has 0 bridgehead atoms. The summed E-state index contributed by atoms with van der Waals surface area (Å²) in [5, 5.41) is 8.93. The van der Waals surface area contributed by atoms with E-state index in [2.05, 4.69) is 52.7 Å². The number of thiophene rings is 1. The minimum Gasteiger partial charge on any atom is -0.357 e. The highest BCUT2D eigenvalue weighted by atomic mass is 32.1. The van der Waals surface area contributed by atoms with Crippen molar-refractivity contribution < 1.29 is 0 Å². The van der Waals surface area contributed by atoms with Crippen molar-refractivity contribution in [1.82, 2.24) is 20.4 Å². The van der Waals surface area contributed by atoms with Gasteiger partial charge in [0.05, 0.1) is 6.54 Å². The first-order valence-corrected chi connectivity index (χ1v) is 9.60. The lowest BCUT2D eigenvalue weighted by Gasteiger charge is -2.34. The van der Waals surface area contributed by atoms with E-state index in [1.54, 1.807) is 11.3 Å². The summed E-state index contributed by atoms with van der Waals surface area (Å²) in [5.41, 5.74) is 1.34. The highest BCUT2D eigenvalue weighted by Crippen LogP contribution is 2.16. The Hall–Kier alpha value is -1.11. The van der Waals surface area contributed by atoms with Crippen LogP contribution in [0, 0.1) is 6.92 Å². The fraction of sp³-hybridized carbons (Fsp3) is 0.706. The molecule has 1 aromatic heterocycles. The Kier molecular flexibility index (Phi) is 7.85. The average Bonchev–Trinajstić information content (AvgIpc) is 2.98. The molecule has 130 valence electrons. The van der Waals surface area contributed by atoms with Gasteiger partial charge in [0.2, 0.25) is 0 Å². The van der Waals surface area contributed by atoms with Gasteiger partial charge in [0.15, 0.2) is 5.96 Å². The summed E-state index contributed by atoms with van der Waals surface area (Å²) < 4.78 is 0. The van der Waals surface area contributed by atoms with Gasteiger partial charge in [-0.05, 0) is 37.4 Å². The monoisotopic (exact) mass is 337 g/mol. The first-order valence-electron chi connectivity index (χ1n) is 8.72. The third-order valence-corrected chi connectivity index (χ3v) is 5.33. The van der Waals surface area contributed by atoms with Gasteiger partial charge in [0.1, 0.15) is 0 Å². The number of rotatable bonds is 7. The predicted molar refractivity (Wildman–Crippen MR) is 100 cm³/mol. The van der Waals surface area contributed by atoms with Gasteiger partial charge in [-0.25, -0.2) is 4.99 Å². The molecule has 1 aromatic rings. The van der Waals surface area contributed by atoms with E-state index in [4.69, 9.17) is 4.99 Å². The van der Waals surface area contributed by atoms with Crippen LogP contribution in [0.15, 0.2) is 16.4 Å². The van der Waals surface area contributed by atoms with Crippen LogP contribution in [0.25, 0.3) is 0 Å². The molecule has 0 spiro atoms. The van der Waals surface area contributed by atoms with Gasteiger partial charge in [-0.2, -0.15) is 0 Å². The molecule has 1 saturated heterocycles. The molecule has 1 aliphatic heterocycles. The molecule has 0 unspecified atom stereocenters. The fourth-order valence-corrected chi connectivity index (χ4v) is 3.55. The van der Waals surface area contributed by atoms with E-state index in [1.165, 1.54) is 43.2 Å². The van der Waals surface area contributed by atoms with Gasteiger partial charge in [-0.1, -0.05) is 6.92 Å². The van der Waals surface area contributed by atoms with Crippen molar-refractivity contribution in [2.45, 2.75) is 27.3 Å². The van der Waals surface area contributed by atoms with E-state index in [-0.39, 0.29) is 0 Å². The Balaban J connectivity index is 1.73. The van der Waals surface area contributed by atoms with Crippen LogP contribution in [0.3, 0.4) is 0 Å². The standard InChI is InChI=1S/C17H31N5S/c1-4-18-17(20-14-16-15(3)6-13-23-16)19-7-8-22-11-9-21(5-2)10-12-22/h6,13H,4-5,7-12,14H2,1-3H3,(H2,18,19,20). The molecule has 2 heterocycles. The zero-order chi connectivity index (χ0) is 16.5. The number of likely N-dealkylation sites (N-methyl/N-ethyl adjacent to an activating group) is 1. The summed E-state index contributed by atoms with van der Waals surface area (Å²) in [7, 11) is 0. The molecule has 0 amide bonds. The molecule has 0 aliphatic carbocycles. The number of piperazine rings is 1. The fourth-order valence-electron chi connectivity index (χ4n) is 2.72. The van der Waals surface area contributed by atoms with E-state index < -0.39 is 0 Å². The number of aliphatic imine (C=N–C) groups is 1. The molecule has 1 aliphatic rings. The third kappa shape index (κ3) is 6.12. The zero-order valence-electron chi connectivity index (χ0n) is 14.8. The first-order chi connectivity index (χ1) is 11.2. The Morgan fingerprint density at radius 2 is 1.91 bits per heavy atom. The zero-order valence-corrected chi connectivity index (χ0v) is 15.6. The summed E-state index contributed by atoms with van der Waals surface area (Å²) in [6, 6.07) is 2.16. The number of aryl methyl sites for hydroxylation is 1. The maximum absolute atomic E-state index is 4.70. The van der Waals surface area contributed by atoms with Gasteiger partial charge >= 0.3 is 0 Å². The highest BCUT2D eigenvalue weighted by Gasteiger charge is 2.14. The molecule has 2 N–H and O–H groups in total. The van der Waals surface area contributed by atoms with Crippen molar-refractivity contribution in [2.75, 3.05) is 52.4 Å². The summed E-state index contributed by atoms with van der Waals surface area (Å²) >= 11 is 1.78. The van der Waals surface area contributed by atoms with Crippen LogP contribution in [0.2, 0.25) is 0 Å². The number of hydrogen-bond acceptors (Lipinski definition) is 4. The van der Waals surface area contributed by atoms with Crippen molar-refractivity contribution >= 4 is 17.3 Å². The molecule has 0 atom stereocenters. The SMILES string of the molecule is CCNC(=NCc1sccc1C)NCCN1CCN(CC)CC1. The van der Waals surface area contributed by atoms with Crippen LogP contribution < -0.4 is 10.6 Å². The second-order valence-electron chi connectivity index (χ2n) is 5.92. The Morgan fingerprint density at radius 3 is 2.52 bits per heavy atom. The van der Waals surface area contributed by atoms with E-state index in [0.29, 0.717) is 0 Å². The van der Waals surface area contributed by atoms with E-state index >= 15 is 0 Å².